The van der Waals surface area contributed by atoms with Crippen molar-refractivity contribution < 1.29 is 13.2 Å². The fourth-order valence-electron chi connectivity index (χ4n) is 3.52. The van der Waals surface area contributed by atoms with Crippen LogP contribution in [0.15, 0.2) is 42.1 Å². The van der Waals surface area contributed by atoms with Crippen LogP contribution in [-0.4, -0.2) is 41.0 Å². The molecule has 29 heavy (non-hydrogen) atoms. The van der Waals surface area contributed by atoms with Crippen molar-refractivity contribution in [1.29, 1.82) is 0 Å². The van der Waals surface area contributed by atoms with E-state index in [2.05, 4.69) is 26.1 Å². The summed E-state index contributed by atoms with van der Waals surface area (Å²) in [4.78, 5) is 12.6. The zero-order valence-electron chi connectivity index (χ0n) is 16.5. The van der Waals surface area contributed by atoms with Crippen molar-refractivity contribution in [2.75, 3.05) is 16.7 Å². The van der Waals surface area contributed by atoms with Crippen LogP contribution >= 0.6 is 11.8 Å². The molecule has 1 aromatic heterocycles. The van der Waals surface area contributed by atoms with Crippen molar-refractivity contribution in [2.24, 2.45) is 0 Å². The zero-order chi connectivity index (χ0) is 20.9. The zero-order valence-corrected chi connectivity index (χ0v) is 18.1. The number of benzene rings is 1. The number of carbonyl (C=O) groups is 1. The standard InChI is InChI=1S/C20H26N4O3S2/c1-3-13-24-19(16-7-5-4-6-8-16)21-22-20(24)28-14-18(25)15-9-11-17(12-10-15)23-29(2,26)27/h3,9-12,16,23H,1,4-8,13-14H2,2H3. The molecule has 2 aromatic rings. The van der Waals surface area contributed by atoms with E-state index in [1.54, 1.807) is 24.3 Å². The first-order chi connectivity index (χ1) is 13.9. The van der Waals surface area contributed by atoms with Crippen LogP contribution in [-0.2, 0) is 16.6 Å². The van der Waals surface area contributed by atoms with Crippen molar-refractivity contribution in [3.05, 3.63) is 48.3 Å². The van der Waals surface area contributed by atoms with Gasteiger partial charge >= 0.3 is 0 Å². The minimum Gasteiger partial charge on any atom is -0.302 e. The van der Waals surface area contributed by atoms with Gasteiger partial charge in [0, 0.05) is 23.7 Å². The molecule has 1 fully saturated rings. The van der Waals surface area contributed by atoms with Gasteiger partial charge in [-0.25, -0.2) is 8.42 Å². The summed E-state index contributed by atoms with van der Waals surface area (Å²) in [5.41, 5.74) is 0.957. The average molecular weight is 435 g/mol. The Morgan fingerprint density at radius 3 is 2.55 bits per heavy atom. The molecule has 1 aliphatic rings. The number of thioether (sulfide) groups is 1. The van der Waals surface area contributed by atoms with Gasteiger partial charge in [0.05, 0.1) is 12.0 Å². The molecule has 1 heterocycles. The summed E-state index contributed by atoms with van der Waals surface area (Å²) in [5.74, 6) is 1.61. The number of nitrogens with zero attached hydrogens (tertiary/aromatic N) is 3. The quantitative estimate of drug-likeness (QED) is 0.366. The molecular weight excluding hydrogens is 408 g/mol. The van der Waals surface area contributed by atoms with E-state index in [0.29, 0.717) is 23.7 Å². The lowest BCUT2D eigenvalue weighted by atomic mass is 9.89. The molecule has 3 rings (SSSR count). The van der Waals surface area contributed by atoms with E-state index >= 15 is 0 Å². The Labute approximate surface area is 176 Å². The first-order valence-electron chi connectivity index (χ1n) is 9.65. The molecule has 9 heteroatoms. The van der Waals surface area contributed by atoms with Crippen molar-refractivity contribution >= 4 is 33.3 Å². The maximum Gasteiger partial charge on any atom is 0.229 e. The van der Waals surface area contributed by atoms with Crippen LogP contribution in [0.5, 0.6) is 0 Å². The Morgan fingerprint density at radius 1 is 1.24 bits per heavy atom. The maximum atomic E-state index is 12.6. The monoisotopic (exact) mass is 434 g/mol. The summed E-state index contributed by atoms with van der Waals surface area (Å²) in [6.07, 6.45) is 8.90. The number of allylic oxidation sites excluding steroid dienone is 1. The van der Waals surface area contributed by atoms with Gasteiger partial charge in [0.15, 0.2) is 10.9 Å². The largest absolute Gasteiger partial charge is 0.302 e. The van der Waals surface area contributed by atoms with Gasteiger partial charge in [0.1, 0.15) is 5.82 Å². The van der Waals surface area contributed by atoms with Crippen molar-refractivity contribution in [2.45, 2.75) is 49.7 Å². The first-order valence-corrected chi connectivity index (χ1v) is 12.5. The number of nitrogens with one attached hydrogen (secondary N) is 1. The summed E-state index contributed by atoms with van der Waals surface area (Å²) in [6, 6.07) is 6.41. The highest BCUT2D eigenvalue weighted by molar-refractivity contribution is 7.99. The molecule has 0 radical (unpaired) electrons. The molecule has 156 valence electrons. The van der Waals surface area contributed by atoms with E-state index < -0.39 is 10.0 Å². The lowest BCUT2D eigenvalue weighted by molar-refractivity contribution is 0.102. The van der Waals surface area contributed by atoms with Crippen LogP contribution in [0.1, 0.15) is 54.2 Å². The number of ketones is 1. The fraction of sp³-hybridized carbons (Fsp3) is 0.450. The van der Waals surface area contributed by atoms with Crippen molar-refractivity contribution in [3.63, 3.8) is 0 Å². The van der Waals surface area contributed by atoms with E-state index in [1.165, 1.54) is 31.0 Å². The molecule has 1 N–H and O–H groups in total. The minimum absolute atomic E-state index is 0.0479. The van der Waals surface area contributed by atoms with Gasteiger partial charge in [-0.05, 0) is 37.1 Å². The SMILES string of the molecule is C=CCn1c(SCC(=O)c2ccc(NS(C)(=O)=O)cc2)nnc1C1CCCCC1. The third-order valence-corrected chi connectivity index (χ3v) is 6.44. The normalized spacial score (nSPS) is 15.2. The molecular formula is C20H26N4O3S2. The Balaban J connectivity index is 1.66. The minimum atomic E-state index is -3.34. The van der Waals surface area contributed by atoms with Crippen LogP contribution < -0.4 is 4.72 Å². The summed E-state index contributed by atoms with van der Waals surface area (Å²) in [7, 11) is -3.34. The number of hydrogen-bond donors (Lipinski definition) is 1. The molecule has 0 atom stereocenters. The lowest BCUT2D eigenvalue weighted by Crippen LogP contribution is -2.13. The lowest BCUT2D eigenvalue weighted by Gasteiger charge is -2.21. The van der Waals surface area contributed by atoms with E-state index in [4.69, 9.17) is 0 Å². The highest BCUT2D eigenvalue weighted by Crippen LogP contribution is 2.33. The molecule has 0 unspecified atom stereocenters. The summed E-state index contributed by atoms with van der Waals surface area (Å²) in [5, 5.41) is 9.48. The first kappa shape index (κ1) is 21.6. The second-order valence-corrected chi connectivity index (χ2v) is 9.93. The maximum absolute atomic E-state index is 12.6. The van der Waals surface area contributed by atoms with Crippen molar-refractivity contribution in [1.82, 2.24) is 14.8 Å². The third kappa shape index (κ3) is 5.93. The van der Waals surface area contributed by atoms with E-state index in [9.17, 15) is 13.2 Å². The van der Waals surface area contributed by atoms with Crippen molar-refractivity contribution in [3.8, 4) is 0 Å². The highest BCUT2D eigenvalue weighted by atomic mass is 32.2. The van der Waals surface area contributed by atoms with Crippen LogP contribution in [0.2, 0.25) is 0 Å². The van der Waals surface area contributed by atoms with Gasteiger partial charge in [0.2, 0.25) is 10.0 Å². The molecule has 0 spiro atoms. The van der Waals surface area contributed by atoms with Gasteiger partial charge in [-0.2, -0.15) is 0 Å². The molecule has 1 aliphatic carbocycles. The second-order valence-electron chi connectivity index (χ2n) is 7.24. The number of sulfonamides is 1. The number of rotatable bonds is 9. The molecule has 1 saturated carbocycles. The van der Waals surface area contributed by atoms with Gasteiger partial charge in [-0.3, -0.25) is 9.52 Å². The Bertz CT molecular complexity index is 962. The topological polar surface area (TPSA) is 94.0 Å². The van der Waals surface area contributed by atoms with Crippen LogP contribution in [0.25, 0.3) is 0 Å². The Morgan fingerprint density at radius 2 is 1.93 bits per heavy atom. The van der Waals surface area contributed by atoms with Gasteiger partial charge in [0.25, 0.3) is 0 Å². The predicted octanol–water partition coefficient (Wildman–Crippen LogP) is 3.86. The van der Waals surface area contributed by atoms with Gasteiger partial charge in [-0.1, -0.05) is 37.1 Å². The van der Waals surface area contributed by atoms with Gasteiger partial charge < -0.3 is 4.57 Å². The Kier molecular flexibility index (Phi) is 7.13. The number of carbonyl (C=O) groups excluding carboxylic acids is 1. The summed E-state index contributed by atoms with van der Waals surface area (Å²) < 4.78 is 27.0. The molecule has 0 amide bonds. The summed E-state index contributed by atoms with van der Waals surface area (Å²) >= 11 is 1.37. The fourth-order valence-corrected chi connectivity index (χ4v) is 4.94. The number of aromatic nitrogens is 3. The van der Waals surface area contributed by atoms with Gasteiger partial charge in [-0.15, -0.1) is 16.8 Å². The molecule has 1 aromatic carbocycles. The average Bonchev–Trinajstić information content (AvgIpc) is 3.09. The molecule has 0 bridgehead atoms. The molecule has 0 aliphatic heterocycles. The van der Waals surface area contributed by atoms with Crippen LogP contribution in [0.3, 0.4) is 0 Å². The molecule has 7 nitrogen and oxygen atoms in total. The second kappa shape index (κ2) is 9.58. The Hall–Kier alpha value is -2.13. The third-order valence-electron chi connectivity index (χ3n) is 4.87. The number of Topliss-reactive ketones (excluding diaryl/α,β-unsaturated/α-hetero) is 1. The van der Waals surface area contributed by atoms with Crippen LogP contribution in [0.4, 0.5) is 5.69 Å². The smallest absolute Gasteiger partial charge is 0.229 e. The summed E-state index contributed by atoms with van der Waals surface area (Å²) in [6.45, 7) is 4.46. The number of hydrogen-bond acceptors (Lipinski definition) is 6. The van der Waals surface area contributed by atoms with Crippen LogP contribution in [0, 0.1) is 0 Å². The highest BCUT2D eigenvalue weighted by Gasteiger charge is 2.23. The van der Waals surface area contributed by atoms with E-state index in [-0.39, 0.29) is 11.5 Å². The van der Waals surface area contributed by atoms with E-state index in [1.807, 2.05) is 6.08 Å². The molecule has 0 saturated heterocycles. The predicted molar refractivity (Wildman–Crippen MR) is 116 cm³/mol. The van der Waals surface area contributed by atoms with E-state index in [0.717, 1.165) is 30.1 Å². The number of anilines is 1.